The number of hydrogen-bond acceptors (Lipinski definition) is 7. The number of aromatic amines is 1. The molecule has 38 heavy (non-hydrogen) atoms. The molecule has 0 amide bonds. The standard InChI is InChI=1S/C28H28FN7O2/c1-18-5-6-19(2)25-23(18)16-24(28(37)30-25)26(27-31-32-33-36(27)17-22-4-3-15-38-22)35-13-11-34(12-14-35)21-9-7-20(29)8-10-21/h3-10,15-16,26H,11-14,17H2,1-2H3,(H,30,37)/t26-/m1/s1. The Morgan fingerprint density at radius 2 is 1.79 bits per heavy atom. The molecular weight excluding hydrogens is 485 g/mol. The van der Waals surface area contributed by atoms with Gasteiger partial charge >= 0.3 is 0 Å². The number of anilines is 1. The molecule has 1 N–H and O–H groups in total. The number of benzene rings is 2. The highest BCUT2D eigenvalue weighted by Gasteiger charge is 2.33. The fraction of sp³-hybridized carbons (Fsp3) is 0.286. The van der Waals surface area contributed by atoms with Crippen LogP contribution in [0.1, 0.15) is 34.3 Å². The van der Waals surface area contributed by atoms with Crippen LogP contribution in [-0.4, -0.2) is 56.3 Å². The van der Waals surface area contributed by atoms with E-state index in [4.69, 9.17) is 4.42 Å². The minimum absolute atomic E-state index is 0.162. The van der Waals surface area contributed by atoms with Crippen LogP contribution in [0, 0.1) is 19.7 Å². The molecule has 1 fully saturated rings. The lowest BCUT2D eigenvalue weighted by atomic mass is 9.99. The molecule has 3 aromatic heterocycles. The predicted octanol–water partition coefficient (Wildman–Crippen LogP) is 3.82. The number of aryl methyl sites for hydroxylation is 2. The van der Waals surface area contributed by atoms with E-state index >= 15 is 0 Å². The molecule has 0 saturated carbocycles. The van der Waals surface area contributed by atoms with Gasteiger partial charge in [-0.2, -0.15) is 0 Å². The van der Waals surface area contributed by atoms with E-state index in [9.17, 15) is 9.18 Å². The largest absolute Gasteiger partial charge is 0.467 e. The third kappa shape index (κ3) is 4.47. The molecule has 0 spiro atoms. The Morgan fingerprint density at radius 3 is 2.53 bits per heavy atom. The van der Waals surface area contributed by atoms with Crippen molar-refractivity contribution in [2.75, 3.05) is 31.1 Å². The lowest BCUT2D eigenvalue weighted by Gasteiger charge is -2.39. The highest BCUT2D eigenvalue weighted by atomic mass is 19.1. The van der Waals surface area contributed by atoms with E-state index in [0.717, 1.165) is 33.5 Å². The van der Waals surface area contributed by atoms with E-state index in [1.165, 1.54) is 12.1 Å². The molecule has 194 valence electrons. The molecule has 2 aromatic carbocycles. The van der Waals surface area contributed by atoms with E-state index in [-0.39, 0.29) is 11.4 Å². The second-order valence-electron chi connectivity index (χ2n) is 9.72. The number of tetrazole rings is 1. The van der Waals surface area contributed by atoms with Crippen molar-refractivity contribution in [2.45, 2.75) is 26.4 Å². The first-order valence-electron chi connectivity index (χ1n) is 12.6. The van der Waals surface area contributed by atoms with Gasteiger partial charge in [-0.25, -0.2) is 9.07 Å². The van der Waals surface area contributed by atoms with E-state index in [1.54, 1.807) is 23.1 Å². The summed E-state index contributed by atoms with van der Waals surface area (Å²) in [6.45, 7) is 7.15. The van der Waals surface area contributed by atoms with Crippen molar-refractivity contribution in [3.8, 4) is 0 Å². The van der Waals surface area contributed by atoms with Crippen LogP contribution >= 0.6 is 0 Å². The first-order valence-corrected chi connectivity index (χ1v) is 12.6. The fourth-order valence-electron chi connectivity index (χ4n) is 5.25. The van der Waals surface area contributed by atoms with Crippen LogP contribution in [0.15, 0.2) is 70.1 Å². The van der Waals surface area contributed by atoms with Crippen molar-refractivity contribution in [3.05, 3.63) is 105 Å². The number of fused-ring (bicyclic) bond motifs is 1. The molecule has 0 bridgehead atoms. The Hall–Kier alpha value is -4.31. The van der Waals surface area contributed by atoms with Gasteiger partial charge in [-0.05, 0) is 77.9 Å². The molecule has 1 aliphatic heterocycles. The number of pyridine rings is 1. The Balaban J connectivity index is 1.40. The summed E-state index contributed by atoms with van der Waals surface area (Å²) in [7, 11) is 0. The zero-order valence-corrected chi connectivity index (χ0v) is 21.3. The number of hydrogen-bond donors (Lipinski definition) is 1. The van der Waals surface area contributed by atoms with Gasteiger partial charge in [0.15, 0.2) is 5.82 Å². The molecule has 1 atom stereocenters. The molecule has 0 radical (unpaired) electrons. The molecule has 10 heteroatoms. The summed E-state index contributed by atoms with van der Waals surface area (Å²) in [5, 5.41) is 13.6. The summed E-state index contributed by atoms with van der Waals surface area (Å²) >= 11 is 0. The van der Waals surface area contributed by atoms with E-state index in [0.29, 0.717) is 44.1 Å². The van der Waals surface area contributed by atoms with Crippen LogP contribution in [0.25, 0.3) is 10.9 Å². The van der Waals surface area contributed by atoms with Gasteiger partial charge in [-0.3, -0.25) is 9.69 Å². The summed E-state index contributed by atoms with van der Waals surface area (Å²) in [6, 6.07) is 15.8. The molecule has 6 rings (SSSR count). The second kappa shape index (κ2) is 9.86. The Kier molecular flexibility index (Phi) is 6.24. The number of nitrogens with one attached hydrogen (secondary N) is 1. The minimum Gasteiger partial charge on any atom is -0.467 e. The van der Waals surface area contributed by atoms with Crippen molar-refractivity contribution in [3.63, 3.8) is 0 Å². The molecule has 1 aliphatic rings. The molecule has 9 nitrogen and oxygen atoms in total. The van der Waals surface area contributed by atoms with Crippen LogP contribution < -0.4 is 10.5 Å². The number of nitrogens with zero attached hydrogens (tertiary/aromatic N) is 6. The summed E-state index contributed by atoms with van der Waals surface area (Å²) in [4.78, 5) is 21.2. The molecule has 1 saturated heterocycles. The van der Waals surface area contributed by atoms with Gasteiger partial charge in [0.05, 0.1) is 11.8 Å². The molecular formula is C28H28FN7O2. The third-order valence-electron chi connectivity index (χ3n) is 7.33. The average molecular weight is 514 g/mol. The molecule has 4 heterocycles. The summed E-state index contributed by atoms with van der Waals surface area (Å²) < 4.78 is 20.7. The maximum atomic E-state index is 13.6. The smallest absolute Gasteiger partial charge is 0.253 e. The summed E-state index contributed by atoms with van der Waals surface area (Å²) in [6.07, 6.45) is 1.62. The average Bonchev–Trinajstić information content (AvgIpc) is 3.61. The van der Waals surface area contributed by atoms with Crippen LogP contribution in [0.4, 0.5) is 10.1 Å². The van der Waals surface area contributed by atoms with Crippen LogP contribution in [0.5, 0.6) is 0 Å². The second-order valence-corrected chi connectivity index (χ2v) is 9.72. The number of piperazine rings is 1. The van der Waals surface area contributed by atoms with Gasteiger partial charge in [-0.1, -0.05) is 12.1 Å². The zero-order chi connectivity index (χ0) is 26.2. The SMILES string of the molecule is Cc1ccc(C)c2[nH]c(=O)c([C@H](c3nnnn3Cc3ccco3)N3CCN(c4ccc(F)cc4)CC3)cc12. The van der Waals surface area contributed by atoms with E-state index in [2.05, 4.69) is 36.4 Å². The van der Waals surface area contributed by atoms with Crippen LogP contribution in [0.2, 0.25) is 0 Å². The van der Waals surface area contributed by atoms with Gasteiger partial charge in [0.2, 0.25) is 0 Å². The van der Waals surface area contributed by atoms with Gasteiger partial charge < -0.3 is 14.3 Å². The maximum Gasteiger partial charge on any atom is 0.253 e. The fourth-order valence-corrected chi connectivity index (χ4v) is 5.25. The first kappa shape index (κ1) is 24.1. The van der Waals surface area contributed by atoms with Gasteiger partial charge in [0, 0.05) is 42.8 Å². The van der Waals surface area contributed by atoms with Crippen molar-refractivity contribution < 1.29 is 8.81 Å². The topological polar surface area (TPSA) is 96.1 Å². The molecule has 5 aromatic rings. The zero-order valence-electron chi connectivity index (χ0n) is 21.3. The Morgan fingerprint density at radius 1 is 1.03 bits per heavy atom. The maximum absolute atomic E-state index is 13.6. The van der Waals surface area contributed by atoms with Crippen molar-refractivity contribution in [2.24, 2.45) is 0 Å². The quantitative estimate of drug-likeness (QED) is 0.369. The number of halogens is 1. The Bertz CT molecular complexity index is 1620. The van der Waals surface area contributed by atoms with Crippen molar-refractivity contribution >= 4 is 16.6 Å². The van der Waals surface area contributed by atoms with Crippen LogP contribution in [-0.2, 0) is 6.54 Å². The Labute approximate surface area is 218 Å². The van der Waals surface area contributed by atoms with Gasteiger partial charge in [0.25, 0.3) is 5.56 Å². The molecule has 0 aliphatic carbocycles. The lowest BCUT2D eigenvalue weighted by molar-refractivity contribution is 0.200. The number of rotatable bonds is 6. The highest BCUT2D eigenvalue weighted by Crippen LogP contribution is 2.30. The van der Waals surface area contributed by atoms with E-state index < -0.39 is 6.04 Å². The van der Waals surface area contributed by atoms with Crippen LogP contribution in [0.3, 0.4) is 0 Å². The predicted molar refractivity (Wildman–Crippen MR) is 142 cm³/mol. The lowest BCUT2D eigenvalue weighted by Crippen LogP contribution is -2.49. The summed E-state index contributed by atoms with van der Waals surface area (Å²) in [5.74, 6) is 1.04. The normalized spacial score (nSPS) is 15.3. The first-order chi connectivity index (χ1) is 18.5. The monoisotopic (exact) mass is 513 g/mol. The third-order valence-corrected chi connectivity index (χ3v) is 7.33. The summed E-state index contributed by atoms with van der Waals surface area (Å²) in [5.41, 5.74) is 4.34. The number of H-pyrrole nitrogens is 1. The van der Waals surface area contributed by atoms with Gasteiger partial charge in [0.1, 0.15) is 24.2 Å². The van der Waals surface area contributed by atoms with E-state index in [1.807, 2.05) is 38.1 Å². The number of aromatic nitrogens is 5. The molecule has 0 unspecified atom stereocenters. The number of furan rings is 1. The highest BCUT2D eigenvalue weighted by molar-refractivity contribution is 5.85. The van der Waals surface area contributed by atoms with Gasteiger partial charge in [-0.15, -0.1) is 5.10 Å². The minimum atomic E-state index is -0.469. The van der Waals surface area contributed by atoms with Crippen molar-refractivity contribution in [1.82, 2.24) is 30.1 Å². The van der Waals surface area contributed by atoms with Crippen molar-refractivity contribution in [1.29, 1.82) is 0 Å².